The van der Waals surface area contributed by atoms with Crippen LogP contribution in [-0.2, 0) is 13.1 Å². The summed E-state index contributed by atoms with van der Waals surface area (Å²) in [5, 5.41) is 9.57. The highest BCUT2D eigenvalue weighted by atomic mass is 16.5. The highest BCUT2D eigenvalue weighted by molar-refractivity contribution is 5.36. The molecule has 1 atom stereocenters. The van der Waals surface area contributed by atoms with Gasteiger partial charge in [-0.15, -0.1) is 6.42 Å². The van der Waals surface area contributed by atoms with E-state index in [4.69, 9.17) is 11.2 Å². The van der Waals surface area contributed by atoms with Gasteiger partial charge >= 0.3 is 0 Å². The van der Waals surface area contributed by atoms with E-state index >= 15 is 0 Å². The van der Waals surface area contributed by atoms with Gasteiger partial charge in [0, 0.05) is 50.9 Å². The van der Waals surface area contributed by atoms with Crippen molar-refractivity contribution in [1.29, 1.82) is 0 Å². The molecule has 1 saturated heterocycles. The molecule has 3 rings (SSSR count). The summed E-state index contributed by atoms with van der Waals surface area (Å²) < 4.78 is 5.37. The van der Waals surface area contributed by atoms with Crippen LogP contribution in [0.3, 0.4) is 0 Å². The topological polar surface area (TPSA) is 35.9 Å². The van der Waals surface area contributed by atoms with Crippen molar-refractivity contribution in [3.05, 3.63) is 64.7 Å². The first-order valence-electron chi connectivity index (χ1n) is 9.89. The van der Waals surface area contributed by atoms with Gasteiger partial charge in [-0.05, 0) is 48.2 Å². The van der Waals surface area contributed by atoms with Crippen molar-refractivity contribution in [2.75, 3.05) is 33.4 Å². The van der Waals surface area contributed by atoms with Crippen LogP contribution in [0, 0.1) is 19.3 Å². The second-order valence-electron chi connectivity index (χ2n) is 7.52. The fourth-order valence-electron chi connectivity index (χ4n) is 3.97. The van der Waals surface area contributed by atoms with Crippen LogP contribution in [0.4, 0.5) is 0 Å². The molecule has 0 saturated carbocycles. The maximum absolute atomic E-state index is 9.57. The number of aryl methyl sites for hydroxylation is 1. The highest BCUT2D eigenvalue weighted by Gasteiger charge is 2.26. The van der Waals surface area contributed by atoms with Crippen LogP contribution < -0.4 is 4.74 Å². The molecule has 28 heavy (non-hydrogen) atoms. The number of aliphatic hydroxyl groups is 1. The van der Waals surface area contributed by atoms with Crippen LogP contribution in [0.1, 0.15) is 28.7 Å². The van der Waals surface area contributed by atoms with E-state index in [2.05, 4.69) is 46.9 Å². The Labute approximate surface area is 168 Å². The van der Waals surface area contributed by atoms with Gasteiger partial charge in [-0.25, -0.2) is 0 Å². The maximum atomic E-state index is 9.57. The second kappa shape index (κ2) is 9.75. The molecule has 0 bridgehead atoms. The van der Waals surface area contributed by atoms with Gasteiger partial charge in [0.05, 0.1) is 7.11 Å². The minimum atomic E-state index is 0.216. The standard InChI is InChI=1S/C24H30N2O2/c1-4-20-5-7-21(8-6-20)16-25-12-13-26(23(18-25)11-14-27)17-22-9-10-24(28-3)19(2)15-22/h1,5-10,15,23,27H,11-14,16-18H2,2-3H3/t23-/m0/s1. The molecule has 4 heteroatoms. The number of ether oxygens (including phenoxy) is 1. The van der Waals surface area contributed by atoms with Crippen molar-refractivity contribution in [2.24, 2.45) is 0 Å². The molecule has 1 aliphatic heterocycles. The zero-order valence-electron chi connectivity index (χ0n) is 16.9. The fraction of sp³-hybridized carbons (Fsp3) is 0.417. The summed E-state index contributed by atoms with van der Waals surface area (Å²) in [6.07, 6.45) is 6.24. The van der Waals surface area contributed by atoms with Crippen molar-refractivity contribution in [3.63, 3.8) is 0 Å². The molecule has 1 aliphatic rings. The lowest BCUT2D eigenvalue weighted by molar-refractivity contribution is 0.0499. The smallest absolute Gasteiger partial charge is 0.121 e. The third kappa shape index (κ3) is 5.14. The molecular weight excluding hydrogens is 348 g/mol. The van der Waals surface area contributed by atoms with Crippen LogP contribution in [0.5, 0.6) is 5.75 Å². The van der Waals surface area contributed by atoms with E-state index < -0.39 is 0 Å². The van der Waals surface area contributed by atoms with Crippen LogP contribution in [0.15, 0.2) is 42.5 Å². The van der Waals surface area contributed by atoms with Gasteiger partial charge in [0.1, 0.15) is 5.75 Å². The van der Waals surface area contributed by atoms with Crippen molar-refractivity contribution in [3.8, 4) is 18.1 Å². The SMILES string of the molecule is C#Cc1ccc(CN2CCN(Cc3ccc(OC)c(C)c3)[C@@H](CCO)C2)cc1. The van der Waals surface area contributed by atoms with E-state index in [1.54, 1.807) is 7.11 Å². The van der Waals surface area contributed by atoms with Crippen LogP contribution in [0.2, 0.25) is 0 Å². The summed E-state index contributed by atoms with van der Waals surface area (Å²) in [6, 6.07) is 15.0. The van der Waals surface area contributed by atoms with Crippen molar-refractivity contribution >= 4 is 0 Å². The first-order chi connectivity index (χ1) is 13.6. The summed E-state index contributed by atoms with van der Waals surface area (Å²) in [6.45, 7) is 7.10. The lowest BCUT2D eigenvalue weighted by atomic mass is 10.0. The zero-order chi connectivity index (χ0) is 19.9. The third-order valence-corrected chi connectivity index (χ3v) is 5.52. The summed E-state index contributed by atoms with van der Waals surface area (Å²) in [7, 11) is 1.71. The van der Waals surface area contributed by atoms with Crippen molar-refractivity contribution in [2.45, 2.75) is 32.5 Å². The number of nitrogens with zero attached hydrogens (tertiary/aromatic N) is 2. The predicted molar refractivity (Wildman–Crippen MR) is 113 cm³/mol. The van der Waals surface area contributed by atoms with Gasteiger partial charge in [-0.2, -0.15) is 0 Å². The number of hydrogen-bond donors (Lipinski definition) is 1. The number of rotatable bonds is 7. The molecular formula is C24H30N2O2. The minimum absolute atomic E-state index is 0.216. The van der Waals surface area contributed by atoms with Gasteiger partial charge in [-0.1, -0.05) is 30.2 Å². The third-order valence-electron chi connectivity index (χ3n) is 5.52. The van der Waals surface area contributed by atoms with Crippen molar-refractivity contribution < 1.29 is 9.84 Å². The molecule has 0 aromatic heterocycles. The van der Waals surface area contributed by atoms with E-state index in [9.17, 15) is 5.11 Å². The molecule has 1 N–H and O–H groups in total. The van der Waals surface area contributed by atoms with Crippen molar-refractivity contribution in [1.82, 2.24) is 9.80 Å². The summed E-state index contributed by atoms with van der Waals surface area (Å²) in [5.41, 5.74) is 4.65. The van der Waals surface area contributed by atoms with Crippen LogP contribution in [-0.4, -0.2) is 54.3 Å². The Hall–Kier alpha value is -2.32. The van der Waals surface area contributed by atoms with E-state index in [1.807, 2.05) is 18.2 Å². The molecule has 2 aromatic carbocycles. The molecule has 2 aromatic rings. The molecule has 0 spiro atoms. The first kappa shape index (κ1) is 20.4. The monoisotopic (exact) mass is 378 g/mol. The number of methoxy groups -OCH3 is 1. The summed E-state index contributed by atoms with van der Waals surface area (Å²) in [5.74, 6) is 3.59. The summed E-state index contributed by atoms with van der Waals surface area (Å²) in [4.78, 5) is 4.97. The molecule has 0 radical (unpaired) electrons. The molecule has 148 valence electrons. The van der Waals surface area contributed by atoms with Gasteiger partial charge < -0.3 is 9.84 Å². The van der Waals surface area contributed by atoms with E-state index in [0.29, 0.717) is 6.04 Å². The van der Waals surface area contributed by atoms with Gasteiger partial charge in [0.2, 0.25) is 0 Å². The van der Waals surface area contributed by atoms with Crippen LogP contribution in [0.25, 0.3) is 0 Å². The quantitative estimate of drug-likeness (QED) is 0.752. The van der Waals surface area contributed by atoms with E-state index in [-0.39, 0.29) is 6.61 Å². The predicted octanol–water partition coefficient (Wildman–Crippen LogP) is 3.05. The zero-order valence-corrected chi connectivity index (χ0v) is 16.9. The number of terminal acetylenes is 1. The number of hydrogen-bond acceptors (Lipinski definition) is 4. The largest absolute Gasteiger partial charge is 0.496 e. The lowest BCUT2D eigenvalue weighted by Gasteiger charge is -2.41. The molecule has 0 aliphatic carbocycles. The van der Waals surface area contributed by atoms with E-state index in [1.165, 1.54) is 11.1 Å². The Kier molecular flexibility index (Phi) is 7.11. The van der Waals surface area contributed by atoms with Crippen LogP contribution >= 0.6 is 0 Å². The number of benzene rings is 2. The second-order valence-corrected chi connectivity index (χ2v) is 7.52. The molecule has 0 unspecified atom stereocenters. The minimum Gasteiger partial charge on any atom is -0.496 e. The Morgan fingerprint density at radius 1 is 1.11 bits per heavy atom. The molecule has 0 amide bonds. The molecule has 1 heterocycles. The number of aliphatic hydroxyl groups excluding tert-OH is 1. The maximum Gasteiger partial charge on any atom is 0.121 e. The average molecular weight is 379 g/mol. The van der Waals surface area contributed by atoms with Gasteiger partial charge in [0.25, 0.3) is 0 Å². The van der Waals surface area contributed by atoms with E-state index in [0.717, 1.165) is 56.0 Å². The Morgan fingerprint density at radius 3 is 2.50 bits per heavy atom. The molecule has 4 nitrogen and oxygen atoms in total. The first-order valence-corrected chi connectivity index (χ1v) is 9.89. The number of piperazine rings is 1. The lowest BCUT2D eigenvalue weighted by Crippen LogP contribution is -2.52. The normalized spacial score (nSPS) is 18.0. The Bertz CT molecular complexity index is 810. The Balaban J connectivity index is 1.63. The fourth-order valence-corrected chi connectivity index (χ4v) is 3.97. The summed E-state index contributed by atoms with van der Waals surface area (Å²) >= 11 is 0. The highest BCUT2D eigenvalue weighted by Crippen LogP contribution is 2.22. The average Bonchev–Trinajstić information content (AvgIpc) is 2.71. The van der Waals surface area contributed by atoms with Gasteiger partial charge in [-0.3, -0.25) is 9.80 Å². The Morgan fingerprint density at radius 2 is 1.86 bits per heavy atom. The molecule has 1 fully saturated rings. The van der Waals surface area contributed by atoms with Gasteiger partial charge in [0.15, 0.2) is 0 Å².